The smallest absolute Gasteiger partial charge is 0.261 e. The molecule has 0 radical (unpaired) electrons. The number of nitrogens with one attached hydrogen (secondary N) is 1. The molecule has 0 spiro atoms. The molecule has 302 valence electrons. The van der Waals surface area contributed by atoms with Crippen LogP contribution in [0.5, 0.6) is 0 Å². The van der Waals surface area contributed by atoms with Crippen LogP contribution < -0.4 is 11.1 Å². The summed E-state index contributed by atoms with van der Waals surface area (Å²) in [5.74, 6) is 0. The predicted octanol–water partition coefficient (Wildman–Crippen LogP) is 13.0. The van der Waals surface area contributed by atoms with Crippen molar-refractivity contribution in [1.29, 1.82) is 0 Å². The Bertz CT molecular complexity index is 2430. The molecule has 0 bridgehead atoms. The Labute approximate surface area is 362 Å². The second kappa shape index (κ2) is 19.5. The molecule has 0 saturated heterocycles. The second-order valence-corrected chi connectivity index (χ2v) is 17.0. The fraction of sp³-hybridized carbons (Fsp3) is 0.245. The lowest BCUT2D eigenvalue weighted by Crippen LogP contribution is -2.17. The molecule has 0 atom stereocenters. The number of rotatable bonds is 13. The number of hydrogen-bond acceptors (Lipinski definition) is 4. The monoisotopic (exact) mass is 816 g/mol. The van der Waals surface area contributed by atoms with Crippen molar-refractivity contribution in [3.05, 3.63) is 206 Å². The average molecular weight is 817 g/mol. The Morgan fingerprint density at radius 1 is 0.559 bits per heavy atom. The van der Waals surface area contributed by atoms with Crippen molar-refractivity contribution in [2.75, 3.05) is 5.32 Å². The lowest BCUT2D eigenvalue weighted by molar-refractivity contribution is 0.296. The molecule has 0 aliphatic rings. The van der Waals surface area contributed by atoms with Crippen LogP contribution in [0.2, 0.25) is 0 Å². The Balaban J connectivity index is 1.21. The van der Waals surface area contributed by atoms with Gasteiger partial charge in [0.05, 0.1) is 0 Å². The lowest BCUT2D eigenvalue weighted by atomic mass is 9.79. The van der Waals surface area contributed by atoms with Crippen molar-refractivity contribution in [3.8, 4) is 0 Å². The van der Waals surface area contributed by atoms with E-state index in [9.17, 15) is 0 Å². The number of nitrogens with two attached hydrogens (primary N) is 1. The number of aryl methyl sites for hydroxylation is 4. The minimum Gasteiger partial charge on any atom is -0.466 e. The molecule has 6 heteroatoms. The van der Waals surface area contributed by atoms with Gasteiger partial charge in [0.25, 0.3) is 10.3 Å². The van der Waals surface area contributed by atoms with Gasteiger partial charge in [-0.2, -0.15) is 0 Å². The van der Waals surface area contributed by atoms with Gasteiger partial charge in [0.2, 0.25) is 0 Å². The van der Waals surface area contributed by atoms with Crippen molar-refractivity contribution >= 4 is 51.6 Å². The van der Waals surface area contributed by atoms with Gasteiger partial charge in [0.15, 0.2) is 0 Å². The first-order valence-electron chi connectivity index (χ1n) is 20.5. The summed E-state index contributed by atoms with van der Waals surface area (Å²) in [4.78, 5) is 0. The maximum Gasteiger partial charge on any atom is 0.261 e. The van der Waals surface area contributed by atoms with Crippen molar-refractivity contribution in [2.24, 2.45) is 5.73 Å². The van der Waals surface area contributed by atoms with Gasteiger partial charge in [-0.05, 0) is 146 Å². The molecule has 0 fully saturated rings. The molecule has 0 unspecified atom stereocenters. The summed E-state index contributed by atoms with van der Waals surface area (Å²) in [5.41, 5.74) is 24.8. The van der Waals surface area contributed by atoms with E-state index in [1.807, 2.05) is 12.1 Å². The van der Waals surface area contributed by atoms with Crippen LogP contribution in [0.25, 0.3) is 11.1 Å². The minimum absolute atomic E-state index is 0.0394. The number of benzene rings is 6. The van der Waals surface area contributed by atoms with E-state index < -0.39 is 0 Å². The zero-order valence-corrected chi connectivity index (χ0v) is 37.1. The van der Waals surface area contributed by atoms with Crippen molar-refractivity contribution < 1.29 is 9.47 Å². The van der Waals surface area contributed by atoms with Gasteiger partial charge in [-0.1, -0.05) is 168 Å². The summed E-state index contributed by atoms with van der Waals surface area (Å²) in [6.07, 6.45) is 2.81. The molecule has 6 rings (SSSR count). The Kier molecular flexibility index (Phi) is 14.2. The first-order valence-corrected chi connectivity index (χ1v) is 21.3. The number of hydrogen-bond donors (Lipinski definition) is 2. The molecule has 59 heavy (non-hydrogen) atoms. The minimum atomic E-state index is 0.0394. The van der Waals surface area contributed by atoms with E-state index in [4.69, 9.17) is 39.6 Å². The quantitative estimate of drug-likeness (QED) is 0.0894. The van der Waals surface area contributed by atoms with Gasteiger partial charge < -0.3 is 20.5 Å². The summed E-state index contributed by atoms with van der Waals surface area (Å²) in [6, 6.07) is 47.4. The third-order valence-corrected chi connectivity index (χ3v) is 11.1. The Morgan fingerprint density at radius 3 is 1.46 bits per heavy atom. The number of thiocarbonyl (C=S) groups is 2. The van der Waals surface area contributed by atoms with Crippen LogP contribution in [0, 0.1) is 13.8 Å². The molecule has 0 aliphatic carbocycles. The average Bonchev–Trinajstić information content (AvgIpc) is 3.22. The Morgan fingerprint density at radius 2 is 1.00 bits per heavy atom. The van der Waals surface area contributed by atoms with E-state index in [0.717, 1.165) is 75.0 Å². The van der Waals surface area contributed by atoms with Crippen molar-refractivity contribution in [1.82, 2.24) is 0 Å². The van der Waals surface area contributed by atoms with Crippen LogP contribution in [-0.4, -0.2) is 10.3 Å². The van der Waals surface area contributed by atoms with Crippen molar-refractivity contribution in [3.63, 3.8) is 0 Å². The van der Waals surface area contributed by atoms with Crippen LogP contribution in [0.15, 0.2) is 133 Å². The molecule has 3 N–H and O–H groups in total. The molecule has 0 saturated carbocycles. The van der Waals surface area contributed by atoms with Crippen LogP contribution in [0.3, 0.4) is 0 Å². The van der Waals surface area contributed by atoms with Gasteiger partial charge >= 0.3 is 0 Å². The summed E-state index contributed by atoms with van der Waals surface area (Å²) in [5, 5.41) is 3.84. The molecular formula is C53H56N2O2S2. The third-order valence-electron chi connectivity index (χ3n) is 10.7. The molecule has 0 heterocycles. The molecule has 0 aromatic heterocycles. The zero-order valence-electron chi connectivity index (χ0n) is 35.4. The van der Waals surface area contributed by atoms with Crippen LogP contribution in [-0.2, 0) is 47.4 Å². The second-order valence-electron chi connectivity index (χ2n) is 16.2. The van der Waals surface area contributed by atoms with Crippen molar-refractivity contribution in [2.45, 2.75) is 86.4 Å². The fourth-order valence-corrected chi connectivity index (χ4v) is 8.45. The normalized spacial score (nSPS) is 11.8. The number of anilines is 1. The summed E-state index contributed by atoms with van der Waals surface area (Å²) in [7, 11) is 0. The van der Waals surface area contributed by atoms with Gasteiger partial charge in [-0.3, -0.25) is 0 Å². The van der Waals surface area contributed by atoms with Crippen LogP contribution in [0.1, 0.15) is 107 Å². The summed E-state index contributed by atoms with van der Waals surface area (Å²) < 4.78 is 11.6. The topological polar surface area (TPSA) is 56.5 Å². The standard InChI is InChI=1S/C53H56N2O2S2/c1-8-41-31-39(28-35(3)49(41)53(5,6)7)30-40-29-36(4)50(42(9-2)32-40)55-52(59)57-34-38-22-26-46(27-23-38)48(44-18-14-11-15-19-44)47(43-16-12-10-13-17-43)45-24-20-37(21-25-45)33-56-51(54)58/h10-29,31-32H,8-9,30,33-34H2,1-7H3,(H2,54,58)(H,55,59)/b48-47+. The van der Waals surface area contributed by atoms with E-state index in [1.54, 1.807) is 0 Å². The maximum absolute atomic E-state index is 6.19. The van der Waals surface area contributed by atoms with E-state index in [0.29, 0.717) is 18.4 Å². The third kappa shape index (κ3) is 10.9. The summed E-state index contributed by atoms with van der Waals surface area (Å²) >= 11 is 10.7. The predicted molar refractivity (Wildman–Crippen MR) is 256 cm³/mol. The Hall–Kier alpha value is -5.56. The first kappa shape index (κ1) is 43.0. The van der Waals surface area contributed by atoms with Crippen LogP contribution in [0.4, 0.5) is 5.69 Å². The highest BCUT2D eigenvalue weighted by molar-refractivity contribution is 7.80. The van der Waals surface area contributed by atoms with E-state index >= 15 is 0 Å². The van der Waals surface area contributed by atoms with E-state index in [-0.39, 0.29) is 10.6 Å². The largest absolute Gasteiger partial charge is 0.466 e. The van der Waals surface area contributed by atoms with Gasteiger partial charge in [-0.25, -0.2) is 0 Å². The lowest BCUT2D eigenvalue weighted by Gasteiger charge is -2.26. The zero-order chi connectivity index (χ0) is 42.1. The van der Waals surface area contributed by atoms with Gasteiger partial charge in [0.1, 0.15) is 13.2 Å². The molecule has 0 aliphatic heterocycles. The highest BCUT2D eigenvalue weighted by Gasteiger charge is 2.21. The van der Waals surface area contributed by atoms with Crippen LogP contribution >= 0.6 is 24.4 Å². The maximum atomic E-state index is 6.19. The SMILES string of the molecule is CCc1cc(Cc2cc(C)c(C(C)(C)C)c(CC)c2)cc(C)c1NC(=S)OCc1ccc(/C(=C(\c2ccccc2)c2ccc(COC(N)=S)cc2)c2ccccc2)cc1. The number of ether oxygens (including phenoxy) is 2. The molecule has 4 nitrogen and oxygen atoms in total. The van der Waals surface area contributed by atoms with E-state index in [2.05, 4.69) is 175 Å². The first-order chi connectivity index (χ1) is 28.3. The van der Waals surface area contributed by atoms with E-state index in [1.165, 1.54) is 33.4 Å². The molecular weight excluding hydrogens is 761 g/mol. The highest BCUT2D eigenvalue weighted by Crippen LogP contribution is 2.37. The molecule has 6 aromatic rings. The van der Waals surface area contributed by atoms with Gasteiger partial charge in [0, 0.05) is 5.69 Å². The molecule has 6 aromatic carbocycles. The highest BCUT2D eigenvalue weighted by atomic mass is 32.1. The fourth-order valence-electron chi connectivity index (χ4n) is 8.23. The van der Waals surface area contributed by atoms with Gasteiger partial charge in [-0.15, -0.1) is 0 Å². The molecule has 0 amide bonds. The summed E-state index contributed by atoms with van der Waals surface area (Å²) in [6.45, 7) is 16.5.